The summed E-state index contributed by atoms with van der Waals surface area (Å²) in [7, 11) is 0. The van der Waals surface area contributed by atoms with Crippen molar-refractivity contribution < 1.29 is 13.9 Å². The molecule has 6 rings (SSSR count). The van der Waals surface area contributed by atoms with Crippen molar-refractivity contribution >= 4 is 33.6 Å². The van der Waals surface area contributed by atoms with E-state index in [0.717, 1.165) is 56.8 Å². The van der Waals surface area contributed by atoms with Gasteiger partial charge in [0.05, 0.1) is 5.57 Å². The zero-order valence-corrected chi connectivity index (χ0v) is 20.9. The lowest BCUT2D eigenvalue weighted by atomic mass is 9.97. The lowest BCUT2D eigenvalue weighted by Crippen LogP contribution is -2.33. The molecule has 1 amide bonds. The third kappa shape index (κ3) is 4.77. The highest BCUT2D eigenvalue weighted by atomic mass is 19.1. The maximum atomic E-state index is 13.3. The van der Waals surface area contributed by atoms with Crippen LogP contribution in [0.4, 0.5) is 10.1 Å². The molecule has 0 saturated carbocycles. The maximum Gasteiger partial charge on any atom is 0.256 e. The smallest absolute Gasteiger partial charge is 0.256 e. The van der Waals surface area contributed by atoms with Gasteiger partial charge in [-0.2, -0.15) is 0 Å². The van der Waals surface area contributed by atoms with Crippen molar-refractivity contribution in [2.45, 2.75) is 26.2 Å². The first-order valence-electron chi connectivity index (χ1n) is 13.0. The molecule has 0 atom stereocenters. The number of aromatic amines is 1. The minimum atomic E-state index is -0.270. The maximum absolute atomic E-state index is 13.3. The summed E-state index contributed by atoms with van der Waals surface area (Å²) in [5, 5.41) is 4.06. The van der Waals surface area contributed by atoms with Gasteiger partial charge < -0.3 is 15.0 Å². The highest BCUT2D eigenvalue weighted by molar-refractivity contribution is 6.36. The van der Waals surface area contributed by atoms with Crippen LogP contribution in [0.25, 0.3) is 33.2 Å². The first-order chi connectivity index (χ1) is 18.0. The van der Waals surface area contributed by atoms with Crippen LogP contribution in [0, 0.1) is 5.82 Å². The van der Waals surface area contributed by atoms with Gasteiger partial charge in [-0.1, -0.05) is 30.7 Å². The molecule has 0 unspecified atom stereocenters. The second-order valence-corrected chi connectivity index (χ2v) is 9.90. The zero-order chi connectivity index (χ0) is 25.4. The van der Waals surface area contributed by atoms with Crippen LogP contribution < -0.4 is 10.1 Å². The predicted molar refractivity (Wildman–Crippen MR) is 147 cm³/mol. The van der Waals surface area contributed by atoms with Crippen LogP contribution in [0.3, 0.4) is 0 Å². The summed E-state index contributed by atoms with van der Waals surface area (Å²) < 4.78 is 19.4. The summed E-state index contributed by atoms with van der Waals surface area (Å²) in [6.45, 7) is 5.95. The number of H-pyrrole nitrogens is 1. The number of rotatable bonds is 6. The molecule has 1 aromatic heterocycles. The molecule has 3 aromatic carbocycles. The molecule has 2 N–H and O–H groups in total. The number of aromatic nitrogens is 1. The Morgan fingerprint density at radius 1 is 0.946 bits per heavy atom. The molecule has 188 valence electrons. The van der Waals surface area contributed by atoms with Crippen LogP contribution in [-0.4, -0.2) is 42.0 Å². The summed E-state index contributed by atoms with van der Waals surface area (Å²) in [4.78, 5) is 18.9. The lowest BCUT2D eigenvalue weighted by molar-refractivity contribution is -0.110. The van der Waals surface area contributed by atoms with Crippen LogP contribution in [0.2, 0.25) is 0 Å². The van der Waals surface area contributed by atoms with Crippen LogP contribution >= 0.6 is 0 Å². The third-order valence-electron chi connectivity index (χ3n) is 7.44. The van der Waals surface area contributed by atoms with Crippen LogP contribution in [0.1, 0.15) is 37.4 Å². The monoisotopic (exact) mass is 495 g/mol. The first kappa shape index (κ1) is 23.5. The third-order valence-corrected chi connectivity index (χ3v) is 7.44. The molecule has 6 heteroatoms. The number of hydrogen-bond donors (Lipinski definition) is 2. The molecule has 3 heterocycles. The predicted octanol–water partition coefficient (Wildman–Crippen LogP) is 6.72. The molecule has 2 aliphatic heterocycles. The van der Waals surface area contributed by atoms with Crippen molar-refractivity contribution in [2.24, 2.45) is 0 Å². The van der Waals surface area contributed by atoms with Crippen molar-refractivity contribution in [1.29, 1.82) is 0 Å². The van der Waals surface area contributed by atoms with Gasteiger partial charge in [0.2, 0.25) is 0 Å². The molecular weight excluding hydrogens is 465 g/mol. The number of likely N-dealkylation sites (tertiary alicyclic amines) is 1. The van der Waals surface area contributed by atoms with Gasteiger partial charge >= 0.3 is 0 Å². The van der Waals surface area contributed by atoms with E-state index in [1.165, 1.54) is 44.5 Å². The van der Waals surface area contributed by atoms with E-state index in [9.17, 15) is 9.18 Å². The van der Waals surface area contributed by atoms with Gasteiger partial charge in [-0.25, -0.2) is 4.39 Å². The molecule has 1 fully saturated rings. The van der Waals surface area contributed by atoms with Crippen molar-refractivity contribution in [3.05, 3.63) is 83.8 Å². The average Bonchev–Trinajstić information content (AvgIpc) is 3.49. The molecule has 4 aromatic rings. The summed E-state index contributed by atoms with van der Waals surface area (Å²) >= 11 is 0. The minimum Gasteiger partial charge on any atom is -0.492 e. The van der Waals surface area contributed by atoms with Gasteiger partial charge in [0, 0.05) is 34.4 Å². The Morgan fingerprint density at radius 2 is 1.73 bits per heavy atom. The number of carbonyl (C=O) groups is 1. The average molecular weight is 496 g/mol. The summed E-state index contributed by atoms with van der Waals surface area (Å²) in [5.41, 5.74) is 6.91. The second-order valence-electron chi connectivity index (χ2n) is 9.90. The number of halogens is 1. The molecule has 1 saturated heterocycles. The standard InChI is InChI=1S/C31H30FN3O2/c1-20(30-26-11-7-22(18-29(26)34-31(30)36)21-5-8-24(32)9-6-21)28-19-23-17-25(10-12-27(23)33-28)37-16-15-35-13-3-2-4-14-35/h5-12,17-19,33H,2-4,13-16H2,1H3,(H,34,36)/b30-20-. The van der Waals surface area contributed by atoms with E-state index >= 15 is 0 Å². The Hall–Kier alpha value is -3.90. The number of carbonyl (C=O) groups excluding carboxylic acids is 1. The van der Waals surface area contributed by atoms with Gasteiger partial charge in [0.1, 0.15) is 18.2 Å². The van der Waals surface area contributed by atoms with E-state index in [1.807, 2.05) is 37.3 Å². The van der Waals surface area contributed by atoms with E-state index in [1.54, 1.807) is 12.1 Å². The van der Waals surface area contributed by atoms with Gasteiger partial charge in [0.25, 0.3) is 5.91 Å². The Kier molecular flexibility index (Phi) is 6.26. The molecule has 0 aliphatic carbocycles. The normalized spacial score (nSPS) is 17.1. The van der Waals surface area contributed by atoms with E-state index in [-0.39, 0.29) is 11.7 Å². The highest BCUT2D eigenvalue weighted by Crippen LogP contribution is 2.39. The SMILES string of the molecule is C/C(=C1/C(=O)Nc2cc(-c3ccc(F)cc3)ccc21)c1cc2cc(OCCN3CCCCC3)ccc2[nH]1. The minimum absolute atomic E-state index is 0.121. The Labute approximate surface area is 215 Å². The number of anilines is 1. The van der Waals surface area contributed by atoms with E-state index in [0.29, 0.717) is 12.2 Å². The topological polar surface area (TPSA) is 57.4 Å². The fourth-order valence-electron chi connectivity index (χ4n) is 5.38. The number of allylic oxidation sites excluding steroid dienone is 1. The Bertz CT molecular complexity index is 1500. The summed E-state index contributed by atoms with van der Waals surface area (Å²) in [6, 6.07) is 20.4. The van der Waals surface area contributed by atoms with Gasteiger partial charge in [-0.3, -0.25) is 9.69 Å². The van der Waals surface area contributed by atoms with E-state index < -0.39 is 0 Å². The summed E-state index contributed by atoms with van der Waals surface area (Å²) in [6.07, 6.45) is 3.90. The Morgan fingerprint density at radius 3 is 2.54 bits per heavy atom. The molecule has 0 spiro atoms. The van der Waals surface area contributed by atoms with Crippen LogP contribution in [-0.2, 0) is 4.79 Å². The number of ether oxygens (including phenoxy) is 1. The van der Waals surface area contributed by atoms with Crippen molar-refractivity contribution in [2.75, 3.05) is 31.6 Å². The van der Waals surface area contributed by atoms with Crippen molar-refractivity contribution in [3.8, 4) is 16.9 Å². The zero-order valence-electron chi connectivity index (χ0n) is 20.9. The largest absolute Gasteiger partial charge is 0.492 e. The van der Waals surface area contributed by atoms with Crippen LogP contribution in [0.5, 0.6) is 5.75 Å². The molecule has 2 aliphatic rings. The highest BCUT2D eigenvalue weighted by Gasteiger charge is 2.27. The quantitative estimate of drug-likeness (QED) is 0.292. The number of nitrogens with zero attached hydrogens (tertiary/aromatic N) is 1. The fourth-order valence-corrected chi connectivity index (χ4v) is 5.38. The van der Waals surface area contributed by atoms with Gasteiger partial charge in [-0.05, 0) is 92.0 Å². The fraction of sp³-hybridized carbons (Fsp3) is 0.258. The number of hydrogen-bond acceptors (Lipinski definition) is 3. The summed E-state index contributed by atoms with van der Waals surface area (Å²) in [5.74, 6) is 0.468. The van der Waals surface area contributed by atoms with Crippen molar-refractivity contribution in [3.63, 3.8) is 0 Å². The number of amides is 1. The molecule has 5 nitrogen and oxygen atoms in total. The van der Waals surface area contributed by atoms with Gasteiger partial charge in [-0.15, -0.1) is 0 Å². The first-order valence-corrected chi connectivity index (χ1v) is 13.0. The molecule has 0 radical (unpaired) electrons. The Balaban J connectivity index is 1.23. The molecule has 37 heavy (non-hydrogen) atoms. The van der Waals surface area contributed by atoms with Crippen molar-refractivity contribution in [1.82, 2.24) is 9.88 Å². The number of piperidine rings is 1. The molecular formula is C31H30FN3O2. The number of nitrogens with one attached hydrogen (secondary N) is 2. The van der Waals surface area contributed by atoms with Crippen LogP contribution in [0.15, 0.2) is 66.7 Å². The van der Waals surface area contributed by atoms with E-state index in [2.05, 4.69) is 27.3 Å². The number of benzene rings is 3. The second kappa shape index (κ2) is 9.87. The lowest BCUT2D eigenvalue weighted by Gasteiger charge is -2.26. The van der Waals surface area contributed by atoms with E-state index in [4.69, 9.17) is 4.74 Å². The molecule has 0 bridgehead atoms. The number of fused-ring (bicyclic) bond motifs is 2. The van der Waals surface area contributed by atoms with Gasteiger partial charge in [0.15, 0.2) is 0 Å².